The van der Waals surface area contributed by atoms with Crippen molar-refractivity contribution in [2.75, 3.05) is 47.9 Å². The largest absolute Gasteiger partial charge is 0.462 e. The van der Waals surface area contributed by atoms with E-state index in [1.807, 2.05) is 0 Å². The standard InChI is InChI=1S/C31H52N4O7/c1-6-7-8-9-10-11-12-13-14-15-16-17-28(36)32-27(24-41-29(37)22-33(2)3)31(42-30(38)23-34(4)5)25-18-20-26(21-19-25)35(39)40/h18-21,27,31H,6-17,22-24H2,1-5H3,(H,32,36)/t27-,31-/m1/s1. The van der Waals surface area contributed by atoms with Crippen molar-refractivity contribution in [2.45, 2.75) is 96.1 Å². The quantitative estimate of drug-likeness (QED) is 0.0804. The summed E-state index contributed by atoms with van der Waals surface area (Å²) < 4.78 is 11.2. The third kappa shape index (κ3) is 17.0. The summed E-state index contributed by atoms with van der Waals surface area (Å²) in [5.41, 5.74) is 0.322. The molecule has 0 fully saturated rings. The lowest BCUT2D eigenvalue weighted by molar-refractivity contribution is -0.384. The fourth-order valence-electron chi connectivity index (χ4n) is 4.53. The Morgan fingerprint density at radius 1 is 0.810 bits per heavy atom. The molecule has 1 N–H and O–H groups in total. The predicted octanol–water partition coefficient (Wildman–Crippen LogP) is 5.03. The van der Waals surface area contributed by atoms with Crippen molar-refractivity contribution in [3.05, 3.63) is 39.9 Å². The van der Waals surface area contributed by atoms with Crippen molar-refractivity contribution < 1.29 is 28.8 Å². The fourth-order valence-corrected chi connectivity index (χ4v) is 4.53. The van der Waals surface area contributed by atoms with Gasteiger partial charge in [0.25, 0.3) is 5.69 Å². The predicted molar refractivity (Wildman–Crippen MR) is 163 cm³/mol. The maximum absolute atomic E-state index is 13.0. The van der Waals surface area contributed by atoms with Gasteiger partial charge >= 0.3 is 11.9 Å². The van der Waals surface area contributed by atoms with Gasteiger partial charge in [-0.25, -0.2) is 0 Å². The Hall–Kier alpha value is -3.05. The number of rotatable bonds is 23. The second kappa shape index (κ2) is 21.6. The number of nitrogens with zero attached hydrogens (tertiary/aromatic N) is 3. The van der Waals surface area contributed by atoms with Crippen LogP contribution >= 0.6 is 0 Å². The minimum Gasteiger partial charge on any atom is -0.462 e. The Bertz CT molecular complexity index is 938. The topological polar surface area (TPSA) is 131 Å². The van der Waals surface area contributed by atoms with Crippen molar-refractivity contribution in [2.24, 2.45) is 0 Å². The van der Waals surface area contributed by atoms with Crippen LogP contribution in [-0.2, 0) is 23.9 Å². The molecule has 0 aliphatic heterocycles. The van der Waals surface area contributed by atoms with Gasteiger partial charge in [0.2, 0.25) is 5.91 Å². The summed E-state index contributed by atoms with van der Waals surface area (Å²) >= 11 is 0. The number of nitro groups is 1. The van der Waals surface area contributed by atoms with Crippen molar-refractivity contribution in [3.63, 3.8) is 0 Å². The van der Waals surface area contributed by atoms with Crippen LogP contribution in [0, 0.1) is 10.1 Å². The molecule has 1 aromatic rings. The number of carbonyl (C=O) groups is 3. The van der Waals surface area contributed by atoms with Crippen LogP contribution in [0.1, 0.15) is 95.6 Å². The Kier molecular flexibility index (Phi) is 19.0. The van der Waals surface area contributed by atoms with E-state index in [1.165, 1.54) is 69.2 Å². The molecule has 0 spiro atoms. The minimum atomic E-state index is -1.02. The SMILES string of the molecule is CCCCCCCCCCCCCC(=O)N[C@H](COC(=O)CN(C)C)[C@H](OC(=O)CN(C)C)c1ccc([N+](=O)[O-])cc1. The number of non-ortho nitro benzene ring substituents is 1. The van der Waals surface area contributed by atoms with E-state index in [-0.39, 0.29) is 37.7 Å². The first-order valence-corrected chi connectivity index (χ1v) is 15.2. The summed E-state index contributed by atoms with van der Waals surface area (Å²) in [5, 5.41) is 14.1. The van der Waals surface area contributed by atoms with E-state index in [1.54, 1.807) is 38.0 Å². The molecule has 11 heteroatoms. The van der Waals surface area contributed by atoms with Crippen molar-refractivity contribution in [3.8, 4) is 0 Å². The van der Waals surface area contributed by atoms with E-state index in [0.717, 1.165) is 25.7 Å². The second-order valence-corrected chi connectivity index (χ2v) is 11.4. The average molecular weight is 593 g/mol. The van der Waals surface area contributed by atoms with E-state index in [0.29, 0.717) is 5.56 Å². The normalized spacial score (nSPS) is 12.6. The molecule has 0 unspecified atom stereocenters. The molecule has 0 bridgehead atoms. The zero-order valence-electron chi connectivity index (χ0n) is 26.3. The van der Waals surface area contributed by atoms with Gasteiger partial charge in [0.15, 0.2) is 6.10 Å². The third-order valence-corrected chi connectivity index (χ3v) is 6.72. The Morgan fingerprint density at radius 2 is 1.31 bits per heavy atom. The van der Waals surface area contributed by atoms with Gasteiger partial charge in [-0.15, -0.1) is 0 Å². The number of likely N-dealkylation sites (N-methyl/N-ethyl adjacent to an activating group) is 2. The molecule has 0 heterocycles. The number of unbranched alkanes of at least 4 members (excludes halogenated alkanes) is 10. The summed E-state index contributed by atoms with van der Waals surface area (Å²) in [6.07, 6.45) is 12.1. The molecule has 0 aliphatic carbocycles. The molecular weight excluding hydrogens is 540 g/mol. The van der Waals surface area contributed by atoms with Crippen LogP contribution in [0.4, 0.5) is 5.69 Å². The molecule has 1 amide bonds. The number of esters is 2. The van der Waals surface area contributed by atoms with Gasteiger partial charge in [0, 0.05) is 18.6 Å². The number of ether oxygens (including phenoxy) is 2. The summed E-state index contributed by atoms with van der Waals surface area (Å²) in [7, 11) is 6.91. The molecule has 2 atom stereocenters. The summed E-state index contributed by atoms with van der Waals surface area (Å²) in [5.74, 6) is -1.28. The first-order valence-electron chi connectivity index (χ1n) is 15.2. The van der Waals surface area contributed by atoms with Crippen LogP contribution in [0.3, 0.4) is 0 Å². The highest BCUT2D eigenvalue weighted by atomic mass is 16.6. The first kappa shape index (κ1) is 37.0. The van der Waals surface area contributed by atoms with Crippen LogP contribution in [0.5, 0.6) is 0 Å². The van der Waals surface area contributed by atoms with E-state index < -0.39 is 29.0 Å². The van der Waals surface area contributed by atoms with E-state index >= 15 is 0 Å². The van der Waals surface area contributed by atoms with Gasteiger partial charge in [-0.2, -0.15) is 0 Å². The van der Waals surface area contributed by atoms with Crippen LogP contribution < -0.4 is 5.32 Å². The van der Waals surface area contributed by atoms with Crippen molar-refractivity contribution in [1.29, 1.82) is 0 Å². The third-order valence-electron chi connectivity index (χ3n) is 6.72. The summed E-state index contributed by atoms with van der Waals surface area (Å²) in [6.45, 7) is 2.03. The smallest absolute Gasteiger partial charge is 0.320 e. The van der Waals surface area contributed by atoms with Crippen LogP contribution in [0.2, 0.25) is 0 Å². The summed E-state index contributed by atoms with van der Waals surface area (Å²) in [4.78, 5) is 51.9. The van der Waals surface area contributed by atoms with Gasteiger partial charge in [0.05, 0.1) is 18.0 Å². The average Bonchev–Trinajstić information content (AvgIpc) is 2.92. The highest BCUT2D eigenvalue weighted by Gasteiger charge is 2.30. The molecule has 1 rings (SSSR count). The zero-order chi connectivity index (χ0) is 31.3. The fraction of sp³-hybridized carbons (Fsp3) is 0.710. The number of nitrogens with one attached hydrogen (secondary N) is 1. The van der Waals surface area contributed by atoms with E-state index in [9.17, 15) is 24.5 Å². The summed E-state index contributed by atoms with van der Waals surface area (Å²) in [6, 6.07) is 4.70. The highest BCUT2D eigenvalue weighted by Crippen LogP contribution is 2.25. The highest BCUT2D eigenvalue weighted by molar-refractivity contribution is 5.77. The zero-order valence-corrected chi connectivity index (χ0v) is 26.3. The molecule has 0 aliphatic rings. The molecule has 42 heavy (non-hydrogen) atoms. The Balaban J connectivity index is 2.86. The molecule has 0 aromatic heterocycles. The molecule has 11 nitrogen and oxygen atoms in total. The monoisotopic (exact) mass is 592 g/mol. The number of amides is 1. The Morgan fingerprint density at radius 3 is 1.81 bits per heavy atom. The minimum absolute atomic E-state index is 0.0106. The lowest BCUT2D eigenvalue weighted by atomic mass is 10.0. The van der Waals surface area contributed by atoms with Gasteiger partial charge in [0.1, 0.15) is 12.6 Å². The van der Waals surface area contributed by atoms with Crippen LogP contribution in [0.15, 0.2) is 24.3 Å². The maximum atomic E-state index is 13.0. The molecule has 0 saturated carbocycles. The molecule has 238 valence electrons. The number of hydrogen-bond donors (Lipinski definition) is 1. The maximum Gasteiger partial charge on any atom is 0.320 e. The first-order chi connectivity index (χ1) is 20.0. The van der Waals surface area contributed by atoms with Gasteiger partial charge in [-0.1, -0.05) is 71.1 Å². The van der Waals surface area contributed by atoms with Gasteiger partial charge in [-0.05, 0) is 52.3 Å². The molecule has 1 aromatic carbocycles. The van der Waals surface area contributed by atoms with E-state index in [4.69, 9.17) is 9.47 Å². The number of nitro benzene ring substituents is 1. The lowest BCUT2D eigenvalue weighted by Crippen LogP contribution is -2.45. The number of carbonyl (C=O) groups excluding carboxylic acids is 3. The van der Waals surface area contributed by atoms with Crippen LogP contribution in [0.25, 0.3) is 0 Å². The second-order valence-electron chi connectivity index (χ2n) is 11.4. The van der Waals surface area contributed by atoms with Gasteiger partial charge < -0.3 is 14.8 Å². The van der Waals surface area contributed by atoms with Gasteiger partial charge in [-0.3, -0.25) is 34.3 Å². The Labute approximate surface area is 251 Å². The number of hydrogen-bond acceptors (Lipinski definition) is 9. The van der Waals surface area contributed by atoms with Crippen molar-refractivity contribution >= 4 is 23.5 Å². The molecule has 0 radical (unpaired) electrons. The molecular formula is C31H52N4O7. The van der Waals surface area contributed by atoms with Crippen LogP contribution in [-0.4, -0.2) is 86.5 Å². The number of benzene rings is 1. The van der Waals surface area contributed by atoms with E-state index in [2.05, 4.69) is 12.2 Å². The lowest BCUT2D eigenvalue weighted by Gasteiger charge is -2.29. The van der Waals surface area contributed by atoms with Crippen molar-refractivity contribution in [1.82, 2.24) is 15.1 Å². The molecule has 0 saturated heterocycles.